The van der Waals surface area contributed by atoms with Crippen molar-refractivity contribution in [1.29, 1.82) is 0 Å². The second-order valence-electron chi connectivity index (χ2n) is 7.58. The van der Waals surface area contributed by atoms with Gasteiger partial charge in [0.05, 0.1) is 24.1 Å². The van der Waals surface area contributed by atoms with Gasteiger partial charge in [-0.3, -0.25) is 4.90 Å². The van der Waals surface area contributed by atoms with Gasteiger partial charge in [-0.05, 0) is 36.4 Å². The lowest BCUT2D eigenvalue weighted by molar-refractivity contribution is -0.139. The molecular weight excluding hydrogens is 459 g/mol. The van der Waals surface area contributed by atoms with Gasteiger partial charge in [-0.2, -0.15) is 17.5 Å². The third kappa shape index (κ3) is 5.05. The minimum Gasteiger partial charge on any atom is -0.497 e. The summed E-state index contributed by atoms with van der Waals surface area (Å²) in [5.41, 5.74) is 0.378. The van der Waals surface area contributed by atoms with Crippen molar-refractivity contribution in [2.45, 2.75) is 17.6 Å². The molecule has 0 spiro atoms. The number of hydrogen-bond donors (Lipinski definition) is 0. The van der Waals surface area contributed by atoms with Crippen LogP contribution >= 0.6 is 0 Å². The number of nitrogens with zero attached hydrogens (tertiary/aromatic N) is 3. The van der Waals surface area contributed by atoms with Crippen molar-refractivity contribution in [3.63, 3.8) is 0 Å². The van der Waals surface area contributed by atoms with E-state index in [9.17, 15) is 21.6 Å². The molecule has 11 heteroatoms. The first-order valence-electron chi connectivity index (χ1n) is 10.2. The average Bonchev–Trinajstić information content (AvgIpc) is 3.27. The van der Waals surface area contributed by atoms with Crippen LogP contribution in [-0.2, 0) is 22.7 Å². The maximum absolute atomic E-state index is 13.3. The molecule has 0 saturated carbocycles. The van der Waals surface area contributed by atoms with Crippen molar-refractivity contribution in [2.75, 3.05) is 33.3 Å². The highest BCUT2D eigenvalue weighted by Gasteiger charge is 2.39. The topological polar surface area (TPSA) is 75.9 Å². The van der Waals surface area contributed by atoms with Gasteiger partial charge >= 0.3 is 6.18 Å². The third-order valence-electron chi connectivity index (χ3n) is 5.47. The Labute approximate surface area is 189 Å². The number of rotatable bonds is 6. The molecular formula is C22H22F3N3O4S. The SMILES string of the molecule is COc1ccc(-c2cc(CN3CCN(S(=O)(=O)c4ccccc4C(F)(F)F)CC3)on2)cc1. The molecule has 2 heterocycles. The summed E-state index contributed by atoms with van der Waals surface area (Å²) in [7, 11) is -2.68. The number of ether oxygens (including phenoxy) is 1. The molecule has 0 atom stereocenters. The first-order chi connectivity index (χ1) is 15.7. The van der Waals surface area contributed by atoms with Crippen LogP contribution < -0.4 is 4.74 Å². The van der Waals surface area contributed by atoms with Gasteiger partial charge in [0.2, 0.25) is 10.0 Å². The number of halogens is 3. The minimum atomic E-state index is -4.75. The summed E-state index contributed by atoms with van der Waals surface area (Å²) in [5, 5.41) is 4.08. The molecule has 1 saturated heterocycles. The highest BCUT2D eigenvalue weighted by molar-refractivity contribution is 7.89. The van der Waals surface area contributed by atoms with Crippen molar-refractivity contribution in [1.82, 2.24) is 14.4 Å². The fraction of sp³-hybridized carbons (Fsp3) is 0.318. The van der Waals surface area contributed by atoms with E-state index in [0.717, 1.165) is 27.8 Å². The van der Waals surface area contributed by atoms with Crippen LogP contribution in [0, 0.1) is 0 Å². The molecule has 33 heavy (non-hydrogen) atoms. The minimum absolute atomic E-state index is 0.0774. The molecule has 1 fully saturated rings. The zero-order chi connectivity index (χ0) is 23.6. The quantitative estimate of drug-likeness (QED) is 0.532. The fourth-order valence-corrected chi connectivity index (χ4v) is 5.33. The summed E-state index contributed by atoms with van der Waals surface area (Å²) in [6.45, 7) is 1.27. The van der Waals surface area contributed by atoms with Crippen molar-refractivity contribution in [3.8, 4) is 17.0 Å². The smallest absolute Gasteiger partial charge is 0.417 e. The molecule has 3 aromatic rings. The molecule has 176 valence electrons. The van der Waals surface area contributed by atoms with E-state index in [-0.39, 0.29) is 13.1 Å². The number of methoxy groups -OCH3 is 1. The summed E-state index contributed by atoms with van der Waals surface area (Å²) in [5.74, 6) is 1.34. The molecule has 1 aliphatic rings. The Kier molecular flexibility index (Phi) is 6.46. The van der Waals surface area contributed by atoms with Crippen LogP contribution in [-0.4, -0.2) is 56.1 Å². The first kappa shape index (κ1) is 23.3. The van der Waals surface area contributed by atoms with Crippen LogP contribution in [0.25, 0.3) is 11.3 Å². The van der Waals surface area contributed by atoms with Gasteiger partial charge in [0.15, 0.2) is 5.76 Å². The van der Waals surface area contributed by atoms with E-state index in [1.165, 1.54) is 12.1 Å². The molecule has 0 N–H and O–H groups in total. The number of sulfonamides is 1. The third-order valence-corrected chi connectivity index (χ3v) is 7.42. The van der Waals surface area contributed by atoms with E-state index >= 15 is 0 Å². The monoisotopic (exact) mass is 481 g/mol. The van der Waals surface area contributed by atoms with Gasteiger partial charge in [0.25, 0.3) is 0 Å². The summed E-state index contributed by atoms with van der Waals surface area (Å²) < 4.78 is 77.3. The fourth-order valence-electron chi connectivity index (χ4n) is 3.70. The van der Waals surface area contributed by atoms with Crippen LogP contribution in [0.5, 0.6) is 5.75 Å². The van der Waals surface area contributed by atoms with Gasteiger partial charge in [0.1, 0.15) is 11.4 Å². The summed E-state index contributed by atoms with van der Waals surface area (Å²) in [6.07, 6.45) is -4.75. The molecule has 1 aromatic heterocycles. The largest absolute Gasteiger partial charge is 0.497 e. The Morgan fingerprint density at radius 1 is 1.03 bits per heavy atom. The second kappa shape index (κ2) is 9.16. The van der Waals surface area contributed by atoms with Gasteiger partial charge < -0.3 is 9.26 Å². The van der Waals surface area contributed by atoms with Gasteiger partial charge in [-0.15, -0.1) is 0 Å². The predicted molar refractivity (Wildman–Crippen MR) is 114 cm³/mol. The predicted octanol–water partition coefficient (Wildman–Crippen LogP) is 3.88. The Morgan fingerprint density at radius 3 is 2.33 bits per heavy atom. The maximum atomic E-state index is 13.3. The van der Waals surface area contributed by atoms with Crippen LogP contribution in [0.15, 0.2) is 64.0 Å². The summed E-state index contributed by atoms with van der Waals surface area (Å²) in [4.78, 5) is 1.25. The highest BCUT2D eigenvalue weighted by Crippen LogP contribution is 2.35. The number of piperazine rings is 1. The molecule has 0 radical (unpaired) electrons. The highest BCUT2D eigenvalue weighted by atomic mass is 32.2. The second-order valence-corrected chi connectivity index (χ2v) is 9.49. The summed E-state index contributed by atoms with van der Waals surface area (Å²) in [6, 6.07) is 13.4. The lowest BCUT2D eigenvalue weighted by Gasteiger charge is -2.33. The molecule has 0 unspecified atom stereocenters. The molecule has 7 nitrogen and oxygen atoms in total. The molecule has 0 bridgehead atoms. The number of benzene rings is 2. The van der Waals surface area contributed by atoms with Crippen molar-refractivity contribution < 1.29 is 30.8 Å². The molecule has 0 amide bonds. The van der Waals surface area contributed by atoms with Crippen molar-refractivity contribution >= 4 is 10.0 Å². The van der Waals surface area contributed by atoms with E-state index in [1.54, 1.807) is 7.11 Å². The number of hydrogen-bond acceptors (Lipinski definition) is 6. The van der Waals surface area contributed by atoms with E-state index in [4.69, 9.17) is 9.26 Å². The van der Waals surface area contributed by atoms with Gasteiger partial charge in [0, 0.05) is 37.8 Å². The van der Waals surface area contributed by atoms with E-state index in [1.807, 2.05) is 35.2 Å². The molecule has 0 aliphatic carbocycles. The summed E-state index contributed by atoms with van der Waals surface area (Å²) >= 11 is 0. The Balaban J connectivity index is 1.40. The number of alkyl halides is 3. The zero-order valence-electron chi connectivity index (χ0n) is 17.7. The van der Waals surface area contributed by atoms with Crippen LogP contribution in [0.3, 0.4) is 0 Å². The van der Waals surface area contributed by atoms with Crippen LogP contribution in [0.4, 0.5) is 13.2 Å². The van der Waals surface area contributed by atoms with E-state index in [0.29, 0.717) is 31.1 Å². The maximum Gasteiger partial charge on any atom is 0.417 e. The Bertz CT molecular complexity index is 1200. The zero-order valence-corrected chi connectivity index (χ0v) is 18.6. The van der Waals surface area contributed by atoms with Crippen LogP contribution in [0.1, 0.15) is 11.3 Å². The lowest BCUT2D eigenvalue weighted by atomic mass is 10.1. The average molecular weight is 481 g/mol. The Hall–Kier alpha value is -2.89. The van der Waals surface area contributed by atoms with Crippen molar-refractivity contribution in [3.05, 3.63) is 65.9 Å². The molecule has 2 aromatic carbocycles. The number of aromatic nitrogens is 1. The first-order valence-corrected chi connectivity index (χ1v) is 11.6. The van der Waals surface area contributed by atoms with Gasteiger partial charge in [-0.1, -0.05) is 17.3 Å². The van der Waals surface area contributed by atoms with Gasteiger partial charge in [-0.25, -0.2) is 8.42 Å². The molecule has 1 aliphatic heterocycles. The standard InChI is InChI=1S/C22H22F3N3O4S/c1-31-17-8-6-16(7-9-17)20-14-18(32-26-20)15-27-10-12-28(13-11-27)33(29,30)21-5-3-2-4-19(21)22(23,24)25/h2-9,14H,10-13,15H2,1H3. The van der Waals surface area contributed by atoms with Crippen molar-refractivity contribution in [2.24, 2.45) is 0 Å². The van der Waals surface area contributed by atoms with E-state index < -0.39 is 26.7 Å². The molecule has 4 rings (SSSR count). The normalized spacial score (nSPS) is 16.1. The van der Waals surface area contributed by atoms with Crippen LogP contribution in [0.2, 0.25) is 0 Å². The lowest BCUT2D eigenvalue weighted by Crippen LogP contribution is -2.48. The Morgan fingerprint density at radius 2 is 1.70 bits per heavy atom. The van der Waals surface area contributed by atoms with E-state index in [2.05, 4.69) is 5.16 Å².